The summed E-state index contributed by atoms with van der Waals surface area (Å²) in [7, 11) is 0. The number of carbonyl (C=O) groups excluding carboxylic acids is 1. The standard InChI is InChI=1S/C22H21FN2O3/c23-21-6-2-1-4-17(21)15-28-19-9-7-16(8-10-19)12-18(13-24)22(26)25-14-20-5-3-11-27-20/h1-2,4,6-10,12,20H,3,5,11,14-15H2,(H,25,26)/b18-12+/t20-/m0/s1. The Bertz CT molecular complexity index is 881. The number of halogens is 1. The van der Waals surface area contributed by atoms with Gasteiger partial charge in [-0.05, 0) is 42.7 Å². The molecule has 2 aromatic rings. The first-order valence-corrected chi connectivity index (χ1v) is 9.13. The molecule has 1 aliphatic rings. The van der Waals surface area contributed by atoms with E-state index < -0.39 is 5.91 Å². The zero-order valence-electron chi connectivity index (χ0n) is 15.4. The Kier molecular flexibility index (Phi) is 6.77. The van der Waals surface area contributed by atoms with Crippen LogP contribution in [0.1, 0.15) is 24.0 Å². The largest absolute Gasteiger partial charge is 0.489 e. The van der Waals surface area contributed by atoms with Gasteiger partial charge in [-0.3, -0.25) is 4.79 Å². The first-order chi connectivity index (χ1) is 13.7. The minimum Gasteiger partial charge on any atom is -0.489 e. The van der Waals surface area contributed by atoms with Gasteiger partial charge in [0.2, 0.25) is 0 Å². The summed E-state index contributed by atoms with van der Waals surface area (Å²) in [5, 5.41) is 12.0. The van der Waals surface area contributed by atoms with Gasteiger partial charge < -0.3 is 14.8 Å². The fourth-order valence-electron chi connectivity index (χ4n) is 2.86. The van der Waals surface area contributed by atoms with E-state index in [-0.39, 0.29) is 24.1 Å². The fourth-order valence-corrected chi connectivity index (χ4v) is 2.86. The van der Waals surface area contributed by atoms with Gasteiger partial charge in [0.25, 0.3) is 5.91 Å². The van der Waals surface area contributed by atoms with Gasteiger partial charge in [0.1, 0.15) is 29.8 Å². The number of ether oxygens (including phenoxy) is 2. The first-order valence-electron chi connectivity index (χ1n) is 9.13. The fraction of sp³-hybridized carbons (Fsp3) is 0.273. The summed E-state index contributed by atoms with van der Waals surface area (Å²) >= 11 is 0. The van der Waals surface area contributed by atoms with Crippen LogP contribution in [0.25, 0.3) is 6.08 Å². The second-order valence-electron chi connectivity index (χ2n) is 6.46. The van der Waals surface area contributed by atoms with E-state index in [0.717, 1.165) is 12.8 Å². The van der Waals surface area contributed by atoms with Crippen LogP contribution in [0.15, 0.2) is 54.1 Å². The third-order valence-corrected chi connectivity index (χ3v) is 4.42. The van der Waals surface area contributed by atoms with Crippen molar-refractivity contribution in [2.45, 2.75) is 25.6 Å². The molecule has 0 unspecified atom stereocenters. The molecule has 1 atom stereocenters. The molecule has 0 saturated carbocycles. The van der Waals surface area contributed by atoms with Crippen molar-refractivity contribution >= 4 is 12.0 Å². The number of nitriles is 1. The van der Waals surface area contributed by atoms with Gasteiger partial charge in [0.15, 0.2) is 0 Å². The van der Waals surface area contributed by atoms with Crippen molar-refractivity contribution in [2.24, 2.45) is 0 Å². The highest BCUT2D eigenvalue weighted by molar-refractivity contribution is 6.01. The molecule has 3 rings (SSSR count). The molecule has 2 aromatic carbocycles. The van der Waals surface area contributed by atoms with Crippen molar-refractivity contribution in [1.29, 1.82) is 5.26 Å². The maximum atomic E-state index is 13.6. The summed E-state index contributed by atoms with van der Waals surface area (Å²) < 4.78 is 24.7. The molecule has 6 heteroatoms. The molecule has 1 saturated heterocycles. The van der Waals surface area contributed by atoms with Crippen LogP contribution in [0, 0.1) is 17.1 Å². The average molecular weight is 380 g/mol. The molecule has 0 spiro atoms. The highest BCUT2D eigenvalue weighted by atomic mass is 19.1. The molecule has 1 N–H and O–H groups in total. The van der Waals surface area contributed by atoms with Crippen LogP contribution < -0.4 is 10.1 Å². The third kappa shape index (κ3) is 5.41. The van der Waals surface area contributed by atoms with E-state index >= 15 is 0 Å². The highest BCUT2D eigenvalue weighted by Crippen LogP contribution is 2.17. The Hall–Kier alpha value is -3.17. The SMILES string of the molecule is N#C/C(=C\c1ccc(OCc2ccccc2F)cc1)C(=O)NC[C@@H]1CCCO1. The Balaban J connectivity index is 1.57. The molecule has 0 bridgehead atoms. The van der Waals surface area contributed by atoms with E-state index in [1.165, 1.54) is 12.1 Å². The number of rotatable bonds is 7. The molecule has 144 valence electrons. The molecule has 0 aliphatic carbocycles. The maximum absolute atomic E-state index is 13.6. The van der Waals surface area contributed by atoms with Gasteiger partial charge in [-0.15, -0.1) is 0 Å². The van der Waals surface area contributed by atoms with Crippen LogP contribution in [-0.4, -0.2) is 25.2 Å². The predicted molar refractivity (Wildman–Crippen MR) is 103 cm³/mol. The molecular formula is C22H21FN2O3. The second-order valence-corrected chi connectivity index (χ2v) is 6.46. The smallest absolute Gasteiger partial charge is 0.262 e. The van der Waals surface area contributed by atoms with Gasteiger partial charge in [-0.25, -0.2) is 4.39 Å². The van der Waals surface area contributed by atoms with Crippen LogP contribution >= 0.6 is 0 Å². The minimum atomic E-state index is -0.419. The van der Waals surface area contributed by atoms with Gasteiger partial charge >= 0.3 is 0 Å². The van der Waals surface area contributed by atoms with Crippen molar-refractivity contribution in [3.63, 3.8) is 0 Å². The zero-order chi connectivity index (χ0) is 19.8. The van der Waals surface area contributed by atoms with Gasteiger partial charge in [0.05, 0.1) is 6.10 Å². The number of amides is 1. The number of carbonyl (C=O) groups is 1. The minimum absolute atomic E-state index is 0.0229. The summed E-state index contributed by atoms with van der Waals surface area (Å²) in [4.78, 5) is 12.2. The number of benzene rings is 2. The van der Waals surface area contributed by atoms with E-state index in [4.69, 9.17) is 9.47 Å². The van der Waals surface area contributed by atoms with E-state index in [2.05, 4.69) is 5.32 Å². The lowest BCUT2D eigenvalue weighted by Crippen LogP contribution is -2.32. The average Bonchev–Trinajstić information content (AvgIpc) is 3.24. The van der Waals surface area contributed by atoms with Crippen molar-refractivity contribution in [3.05, 3.63) is 71.0 Å². The Morgan fingerprint density at radius 2 is 2.07 bits per heavy atom. The Labute approximate surface area is 163 Å². The van der Waals surface area contributed by atoms with Crippen LogP contribution in [0.3, 0.4) is 0 Å². The summed E-state index contributed by atoms with van der Waals surface area (Å²) in [6.45, 7) is 1.24. The first kappa shape index (κ1) is 19.6. The zero-order valence-corrected chi connectivity index (χ0v) is 15.4. The molecule has 5 nitrogen and oxygen atoms in total. The molecule has 28 heavy (non-hydrogen) atoms. The number of nitrogens with zero attached hydrogens (tertiary/aromatic N) is 1. The molecule has 1 heterocycles. The van der Waals surface area contributed by atoms with Crippen LogP contribution in [0.4, 0.5) is 4.39 Å². The number of hydrogen-bond donors (Lipinski definition) is 1. The topological polar surface area (TPSA) is 71.3 Å². The van der Waals surface area contributed by atoms with Crippen molar-refractivity contribution in [1.82, 2.24) is 5.32 Å². The summed E-state index contributed by atoms with van der Waals surface area (Å²) in [5.74, 6) is -0.158. The third-order valence-electron chi connectivity index (χ3n) is 4.42. The molecule has 1 fully saturated rings. The number of hydrogen-bond acceptors (Lipinski definition) is 4. The van der Waals surface area contributed by atoms with Crippen molar-refractivity contribution < 1.29 is 18.7 Å². The van der Waals surface area contributed by atoms with E-state index in [9.17, 15) is 14.4 Å². The normalized spacial score (nSPS) is 16.4. The predicted octanol–water partition coefficient (Wildman–Crippen LogP) is 3.61. The summed E-state index contributed by atoms with van der Waals surface area (Å²) in [6.07, 6.45) is 3.45. The summed E-state index contributed by atoms with van der Waals surface area (Å²) in [6, 6.07) is 15.3. The van der Waals surface area contributed by atoms with Crippen LogP contribution in [-0.2, 0) is 16.1 Å². The van der Waals surface area contributed by atoms with Gasteiger partial charge in [-0.2, -0.15) is 5.26 Å². The van der Waals surface area contributed by atoms with E-state index in [1.54, 1.807) is 42.5 Å². The van der Waals surface area contributed by atoms with Crippen LogP contribution in [0.5, 0.6) is 5.75 Å². The molecule has 1 amide bonds. The van der Waals surface area contributed by atoms with Crippen molar-refractivity contribution in [2.75, 3.05) is 13.2 Å². The quantitative estimate of drug-likeness (QED) is 0.588. The van der Waals surface area contributed by atoms with Crippen molar-refractivity contribution in [3.8, 4) is 11.8 Å². The van der Waals surface area contributed by atoms with Gasteiger partial charge in [0, 0.05) is 18.7 Å². The number of nitrogens with one attached hydrogen (secondary N) is 1. The lowest BCUT2D eigenvalue weighted by Gasteiger charge is -2.10. The van der Waals surface area contributed by atoms with E-state index in [0.29, 0.717) is 30.0 Å². The maximum Gasteiger partial charge on any atom is 0.262 e. The molecule has 0 radical (unpaired) electrons. The Morgan fingerprint density at radius 3 is 2.75 bits per heavy atom. The summed E-state index contributed by atoms with van der Waals surface area (Å²) in [5.41, 5.74) is 1.20. The molecular weight excluding hydrogens is 359 g/mol. The lowest BCUT2D eigenvalue weighted by molar-refractivity contribution is -0.117. The second kappa shape index (κ2) is 9.67. The molecule has 1 aliphatic heterocycles. The van der Waals surface area contributed by atoms with Crippen LogP contribution in [0.2, 0.25) is 0 Å². The monoisotopic (exact) mass is 380 g/mol. The Morgan fingerprint density at radius 1 is 1.29 bits per heavy atom. The molecule has 0 aromatic heterocycles. The van der Waals surface area contributed by atoms with E-state index in [1.807, 2.05) is 6.07 Å². The van der Waals surface area contributed by atoms with Gasteiger partial charge in [-0.1, -0.05) is 30.3 Å². The lowest BCUT2D eigenvalue weighted by atomic mass is 10.1. The highest BCUT2D eigenvalue weighted by Gasteiger charge is 2.17.